The number of likely N-dealkylation sites (N-methyl/N-ethyl adjacent to an activating group) is 1. The molecule has 1 saturated heterocycles. The van der Waals surface area contributed by atoms with E-state index in [2.05, 4.69) is 10.2 Å². The number of alkyl carbamates (subject to hydrolysis) is 1. The summed E-state index contributed by atoms with van der Waals surface area (Å²) in [5.41, 5.74) is -0.680. The summed E-state index contributed by atoms with van der Waals surface area (Å²) in [5.74, 6) is -0.214. The fourth-order valence-electron chi connectivity index (χ4n) is 6.65. The van der Waals surface area contributed by atoms with E-state index in [0.717, 1.165) is 17.7 Å². The molecule has 2 heterocycles. The largest absolute Gasteiger partial charge is 0.493 e. The zero-order chi connectivity index (χ0) is 29.2. The molecule has 40 heavy (non-hydrogen) atoms. The van der Waals surface area contributed by atoms with Crippen LogP contribution in [0.5, 0.6) is 11.5 Å². The van der Waals surface area contributed by atoms with E-state index in [4.69, 9.17) is 23.7 Å². The first kappa shape index (κ1) is 28.2. The van der Waals surface area contributed by atoms with E-state index < -0.39 is 52.9 Å². The number of benzene rings is 1. The molecule has 4 aliphatic rings. The Hall–Kier alpha value is -3.31. The molecule has 2 N–H and O–H groups in total. The zero-order valence-electron chi connectivity index (χ0n) is 24.0. The minimum Gasteiger partial charge on any atom is -0.493 e. The molecule has 0 aromatic heterocycles. The summed E-state index contributed by atoms with van der Waals surface area (Å²) in [5, 5.41) is 14.7. The molecule has 218 valence electrons. The third-order valence-electron chi connectivity index (χ3n) is 8.49. The summed E-state index contributed by atoms with van der Waals surface area (Å²) in [6.45, 7) is 8.68. The van der Waals surface area contributed by atoms with Crippen molar-refractivity contribution in [3.8, 4) is 11.5 Å². The Kier molecular flexibility index (Phi) is 6.81. The van der Waals surface area contributed by atoms with Crippen LogP contribution in [0.2, 0.25) is 0 Å². The maximum absolute atomic E-state index is 13.1. The van der Waals surface area contributed by atoms with Crippen molar-refractivity contribution in [2.45, 2.75) is 94.8 Å². The highest BCUT2D eigenvalue weighted by molar-refractivity contribution is 5.84. The third kappa shape index (κ3) is 4.30. The van der Waals surface area contributed by atoms with Gasteiger partial charge in [0.15, 0.2) is 23.7 Å². The molecule has 6 atom stereocenters. The molecule has 1 spiro atoms. The number of aliphatic hydroxyl groups is 1. The Balaban J connectivity index is 1.35. The number of hydrogen-bond acceptors (Lipinski definition) is 10. The van der Waals surface area contributed by atoms with E-state index in [9.17, 15) is 19.5 Å². The summed E-state index contributed by atoms with van der Waals surface area (Å²) in [6, 6.07) is 2.71. The number of amides is 1. The molecule has 11 heteroatoms. The standard InChI is InChI=1S/C29H38N2O9/c1-15(30-26(34)40-27(3,4)5)24(32)37-16(2)25(33)38-19-10-11-29(35)20-14-17-8-9-18(36-7)22-21(17)28(29,23(19)39-22)12-13-31(20)6/h8-10,15-16,20,23,35H,11-14H2,1-7H3,(H,30,34)/t15-,16?,20+,23-,28-,29+/m0/s1. The Morgan fingerprint density at radius 3 is 2.60 bits per heavy atom. The van der Waals surface area contributed by atoms with E-state index in [1.165, 1.54) is 13.8 Å². The van der Waals surface area contributed by atoms with Crippen molar-refractivity contribution in [2.24, 2.45) is 0 Å². The maximum Gasteiger partial charge on any atom is 0.408 e. The molecule has 1 amide bonds. The minimum atomic E-state index is -1.26. The van der Waals surface area contributed by atoms with Crippen molar-refractivity contribution in [3.63, 3.8) is 0 Å². The maximum atomic E-state index is 13.1. The first-order chi connectivity index (χ1) is 18.7. The molecule has 11 nitrogen and oxygen atoms in total. The Morgan fingerprint density at radius 2 is 1.93 bits per heavy atom. The average Bonchev–Trinajstić information content (AvgIpc) is 3.22. The lowest BCUT2D eigenvalue weighted by Crippen LogP contribution is -2.74. The van der Waals surface area contributed by atoms with Gasteiger partial charge in [-0.3, -0.25) is 0 Å². The number of nitrogens with one attached hydrogen (secondary N) is 1. The SMILES string of the molecule is COc1ccc2c3c1O[C@H]1C(OC(=O)C(C)OC(=O)[C@H](C)NC(=O)OC(C)(C)C)=CC[C@@]4(O)[C@@H](C2)N(C)CC[C@]314. The van der Waals surface area contributed by atoms with Crippen LogP contribution >= 0.6 is 0 Å². The first-order valence-corrected chi connectivity index (χ1v) is 13.6. The van der Waals surface area contributed by atoms with Crippen LogP contribution < -0.4 is 14.8 Å². The Labute approximate surface area is 233 Å². The van der Waals surface area contributed by atoms with Gasteiger partial charge in [0.25, 0.3) is 0 Å². The van der Waals surface area contributed by atoms with Crippen molar-refractivity contribution < 1.29 is 43.2 Å². The number of piperidine rings is 1. The van der Waals surface area contributed by atoms with Crippen LogP contribution in [0.1, 0.15) is 58.6 Å². The molecular weight excluding hydrogens is 520 g/mol. The molecule has 0 saturated carbocycles. The highest BCUT2D eigenvalue weighted by Crippen LogP contribution is 2.65. The van der Waals surface area contributed by atoms with Crippen LogP contribution in [-0.4, -0.2) is 84.2 Å². The van der Waals surface area contributed by atoms with Gasteiger partial charge in [0.1, 0.15) is 17.4 Å². The highest BCUT2D eigenvalue weighted by atomic mass is 16.6. The van der Waals surface area contributed by atoms with E-state index in [1.54, 1.807) is 34.0 Å². The molecule has 1 unspecified atom stereocenters. The third-order valence-corrected chi connectivity index (χ3v) is 8.49. The molecule has 0 radical (unpaired) electrons. The number of esters is 2. The van der Waals surface area contributed by atoms with Gasteiger partial charge in [0, 0.05) is 18.0 Å². The van der Waals surface area contributed by atoms with E-state index in [0.29, 0.717) is 24.3 Å². The fraction of sp³-hybridized carbons (Fsp3) is 0.621. The van der Waals surface area contributed by atoms with Gasteiger partial charge in [0.05, 0.1) is 18.1 Å². The van der Waals surface area contributed by atoms with E-state index in [1.807, 2.05) is 19.2 Å². The number of carbonyl (C=O) groups excluding carboxylic acids is 3. The zero-order valence-corrected chi connectivity index (χ0v) is 24.0. The number of hydrogen-bond donors (Lipinski definition) is 2. The molecular formula is C29H38N2O9. The summed E-state index contributed by atoms with van der Waals surface area (Å²) in [4.78, 5) is 39.9. The Morgan fingerprint density at radius 1 is 1.20 bits per heavy atom. The summed E-state index contributed by atoms with van der Waals surface area (Å²) in [7, 11) is 3.59. The fourth-order valence-corrected chi connectivity index (χ4v) is 6.65. The molecule has 1 fully saturated rings. The number of rotatable bonds is 6. The van der Waals surface area contributed by atoms with Crippen molar-refractivity contribution in [1.82, 2.24) is 10.2 Å². The van der Waals surface area contributed by atoms with Crippen LogP contribution in [0.3, 0.4) is 0 Å². The highest BCUT2D eigenvalue weighted by Gasteiger charge is 2.72. The van der Waals surface area contributed by atoms with Gasteiger partial charge >= 0.3 is 18.0 Å². The normalized spacial score (nSPS) is 29.6. The molecule has 2 aliphatic carbocycles. The second kappa shape index (κ2) is 9.66. The second-order valence-corrected chi connectivity index (χ2v) is 12.2. The Bertz CT molecular complexity index is 1270. The van der Waals surface area contributed by atoms with Gasteiger partial charge < -0.3 is 39.0 Å². The smallest absolute Gasteiger partial charge is 0.408 e. The van der Waals surface area contributed by atoms with Gasteiger partial charge in [-0.1, -0.05) is 6.07 Å². The lowest BCUT2D eigenvalue weighted by atomic mass is 9.50. The van der Waals surface area contributed by atoms with E-state index >= 15 is 0 Å². The van der Waals surface area contributed by atoms with Crippen molar-refractivity contribution in [2.75, 3.05) is 20.7 Å². The van der Waals surface area contributed by atoms with Gasteiger partial charge in [-0.15, -0.1) is 0 Å². The number of likely N-dealkylation sites (tertiary alicyclic amines) is 1. The topological polar surface area (TPSA) is 133 Å². The molecule has 1 aromatic rings. The lowest BCUT2D eigenvalue weighted by Gasteiger charge is -2.61. The molecule has 2 aliphatic heterocycles. The number of methoxy groups -OCH3 is 1. The predicted octanol–water partition coefficient (Wildman–Crippen LogP) is 2.36. The van der Waals surface area contributed by atoms with Crippen LogP contribution in [0.15, 0.2) is 24.0 Å². The summed E-state index contributed by atoms with van der Waals surface area (Å²) >= 11 is 0. The van der Waals surface area contributed by atoms with Gasteiger partial charge in [-0.25, -0.2) is 14.4 Å². The summed E-state index contributed by atoms with van der Waals surface area (Å²) in [6.07, 6.45) is 0.448. The summed E-state index contributed by atoms with van der Waals surface area (Å²) < 4.78 is 28.3. The van der Waals surface area contributed by atoms with Crippen LogP contribution in [-0.2, 0) is 35.6 Å². The number of ether oxygens (including phenoxy) is 5. The molecule has 2 bridgehead atoms. The van der Waals surface area contributed by atoms with Crippen LogP contribution in [0.25, 0.3) is 0 Å². The quantitative estimate of drug-likeness (QED) is 0.396. The number of nitrogens with zero attached hydrogens (tertiary/aromatic N) is 1. The minimum absolute atomic E-state index is 0.133. The van der Waals surface area contributed by atoms with Gasteiger partial charge in [0.2, 0.25) is 0 Å². The van der Waals surface area contributed by atoms with E-state index in [-0.39, 0.29) is 18.2 Å². The monoisotopic (exact) mass is 558 g/mol. The van der Waals surface area contributed by atoms with Crippen LogP contribution in [0.4, 0.5) is 4.79 Å². The number of carbonyl (C=O) groups is 3. The average molecular weight is 559 g/mol. The van der Waals surface area contributed by atoms with Gasteiger partial charge in [-0.05, 0) is 78.8 Å². The van der Waals surface area contributed by atoms with Gasteiger partial charge in [-0.2, -0.15) is 0 Å². The van der Waals surface area contributed by atoms with Crippen molar-refractivity contribution in [3.05, 3.63) is 35.1 Å². The second-order valence-electron chi connectivity index (χ2n) is 12.2. The predicted molar refractivity (Wildman–Crippen MR) is 142 cm³/mol. The molecule has 5 rings (SSSR count). The lowest BCUT2D eigenvalue weighted by molar-refractivity contribution is -0.175. The van der Waals surface area contributed by atoms with Crippen LogP contribution in [0, 0.1) is 0 Å². The van der Waals surface area contributed by atoms with Crippen molar-refractivity contribution >= 4 is 18.0 Å². The first-order valence-electron chi connectivity index (χ1n) is 13.6. The molecule has 1 aromatic carbocycles. The van der Waals surface area contributed by atoms with Crippen molar-refractivity contribution in [1.29, 1.82) is 0 Å².